The second-order valence-electron chi connectivity index (χ2n) is 17.5. The fourth-order valence-electron chi connectivity index (χ4n) is 9.73. The Hall–Kier alpha value is -1.48. The van der Waals surface area contributed by atoms with E-state index in [1.165, 1.54) is 60.3 Å². The molecule has 4 aliphatic rings. The lowest BCUT2D eigenvalue weighted by Crippen LogP contribution is -2.49. The van der Waals surface area contributed by atoms with Gasteiger partial charge in [0.25, 0.3) is 0 Å². The summed E-state index contributed by atoms with van der Waals surface area (Å²) in [7, 11) is -0.414. The van der Waals surface area contributed by atoms with Crippen LogP contribution in [0.5, 0.6) is 0 Å². The number of hydrogen-bond donors (Lipinski definition) is 0. The molecule has 0 aliphatic heterocycles. The lowest BCUT2D eigenvalue weighted by atomic mass is 9.56. The zero-order chi connectivity index (χ0) is 31.4. The predicted octanol–water partition coefficient (Wildman–Crippen LogP) is 13.2. The molecular formula is C42H58P2. The summed E-state index contributed by atoms with van der Waals surface area (Å²) < 4.78 is 0. The van der Waals surface area contributed by atoms with Crippen LogP contribution in [0.2, 0.25) is 0 Å². The van der Waals surface area contributed by atoms with Crippen LogP contribution >= 0.6 is 15.8 Å². The van der Waals surface area contributed by atoms with E-state index in [2.05, 4.69) is 135 Å². The van der Waals surface area contributed by atoms with Crippen molar-refractivity contribution in [2.45, 2.75) is 128 Å². The number of benzene rings is 3. The van der Waals surface area contributed by atoms with E-state index in [1.807, 2.05) is 0 Å². The molecule has 4 saturated carbocycles. The van der Waals surface area contributed by atoms with E-state index >= 15 is 0 Å². The first-order chi connectivity index (χ1) is 20.7. The van der Waals surface area contributed by atoms with Crippen molar-refractivity contribution in [3.8, 4) is 22.3 Å². The Morgan fingerprint density at radius 1 is 0.523 bits per heavy atom. The molecule has 3 aromatic rings. The second kappa shape index (κ2) is 12.3. The van der Waals surface area contributed by atoms with Gasteiger partial charge in [-0.05, 0) is 135 Å². The number of hydrogen-bond acceptors (Lipinski definition) is 0. The Labute approximate surface area is 272 Å². The average molecular weight is 625 g/mol. The minimum absolute atomic E-state index is 0.163. The maximum Gasteiger partial charge on any atom is -0.00606 e. The van der Waals surface area contributed by atoms with Gasteiger partial charge < -0.3 is 0 Å². The summed E-state index contributed by atoms with van der Waals surface area (Å²) in [6.07, 6.45) is 10.2. The molecule has 0 saturated heterocycles. The Kier molecular flexibility index (Phi) is 9.06. The van der Waals surface area contributed by atoms with Crippen LogP contribution in [0.4, 0.5) is 0 Å². The van der Waals surface area contributed by atoms with Gasteiger partial charge in [-0.15, -0.1) is 0 Å². The molecule has 4 fully saturated rings. The molecule has 0 heterocycles. The Bertz CT molecular complexity index is 1370. The molecule has 1 unspecified atom stereocenters. The van der Waals surface area contributed by atoms with Crippen LogP contribution in [-0.4, -0.2) is 21.1 Å². The molecule has 0 nitrogen and oxygen atoms in total. The topological polar surface area (TPSA) is 0 Å². The Morgan fingerprint density at radius 3 is 1.32 bits per heavy atom. The quantitative estimate of drug-likeness (QED) is 0.229. The maximum absolute atomic E-state index is 2.68. The minimum Gasteiger partial charge on any atom is -0.0929 e. The van der Waals surface area contributed by atoms with Gasteiger partial charge >= 0.3 is 0 Å². The van der Waals surface area contributed by atoms with Gasteiger partial charge in [-0.25, -0.2) is 0 Å². The van der Waals surface area contributed by atoms with Gasteiger partial charge in [-0.3, -0.25) is 0 Å². The summed E-state index contributed by atoms with van der Waals surface area (Å²) in [6.45, 7) is 22.8. The fraction of sp³-hybridized carbons (Fsp3) is 0.571. The maximum atomic E-state index is 2.68. The SMILES string of the molecule is CC(C)(C)P(Cc1cc(-c2ccccc2)c(-c2ccccc2)cc1CP(C(C)(C)C)C(C)(C)C)C1C2CC3CC(C2)CC1C3. The van der Waals surface area contributed by atoms with Crippen LogP contribution < -0.4 is 0 Å². The molecule has 236 valence electrons. The van der Waals surface area contributed by atoms with E-state index in [-0.39, 0.29) is 15.8 Å². The first-order valence-electron chi connectivity index (χ1n) is 17.5. The van der Waals surface area contributed by atoms with E-state index in [1.54, 1.807) is 17.5 Å². The third kappa shape index (κ3) is 6.79. The van der Waals surface area contributed by atoms with Gasteiger partial charge in [0.1, 0.15) is 0 Å². The van der Waals surface area contributed by atoms with Gasteiger partial charge in [0, 0.05) is 0 Å². The van der Waals surface area contributed by atoms with Gasteiger partial charge in [-0.1, -0.05) is 139 Å². The third-order valence-corrected chi connectivity index (χ3v) is 19.1. The van der Waals surface area contributed by atoms with Crippen LogP contribution in [0, 0.1) is 23.7 Å². The van der Waals surface area contributed by atoms with Crippen molar-refractivity contribution in [3.05, 3.63) is 83.9 Å². The zero-order valence-electron chi connectivity index (χ0n) is 29.2. The van der Waals surface area contributed by atoms with E-state index in [0.29, 0.717) is 15.5 Å². The minimum atomic E-state index is -0.251. The molecule has 2 heteroatoms. The first-order valence-corrected chi connectivity index (χ1v) is 20.6. The van der Waals surface area contributed by atoms with Crippen LogP contribution in [0.25, 0.3) is 22.3 Å². The Morgan fingerprint density at radius 2 is 0.932 bits per heavy atom. The monoisotopic (exact) mass is 624 g/mol. The predicted molar refractivity (Wildman–Crippen MR) is 199 cm³/mol. The van der Waals surface area contributed by atoms with Crippen molar-refractivity contribution in [1.82, 2.24) is 0 Å². The van der Waals surface area contributed by atoms with E-state index in [9.17, 15) is 0 Å². The van der Waals surface area contributed by atoms with Crippen LogP contribution in [-0.2, 0) is 12.3 Å². The van der Waals surface area contributed by atoms with Crippen LogP contribution in [0.1, 0.15) is 106 Å². The van der Waals surface area contributed by atoms with Crippen molar-refractivity contribution in [3.63, 3.8) is 0 Å². The highest BCUT2D eigenvalue weighted by Gasteiger charge is 2.52. The van der Waals surface area contributed by atoms with Gasteiger partial charge in [0.2, 0.25) is 0 Å². The largest absolute Gasteiger partial charge is 0.0929 e. The molecule has 0 spiro atoms. The van der Waals surface area contributed by atoms with E-state index < -0.39 is 0 Å². The summed E-state index contributed by atoms with van der Waals surface area (Å²) in [6, 6.07) is 27.8. The van der Waals surface area contributed by atoms with Gasteiger partial charge in [0.05, 0.1) is 0 Å². The highest BCUT2D eigenvalue weighted by atomic mass is 31.1. The van der Waals surface area contributed by atoms with Crippen molar-refractivity contribution in [2.24, 2.45) is 23.7 Å². The third-order valence-electron chi connectivity index (χ3n) is 11.2. The Balaban J connectivity index is 1.51. The molecular weight excluding hydrogens is 566 g/mol. The summed E-state index contributed by atoms with van der Waals surface area (Å²) >= 11 is 0. The molecule has 3 aromatic carbocycles. The summed E-state index contributed by atoms with van der Waals surface area (Å²) in [5, 5.41) is 0.953. The van der Waals surface area contributed by atoms with Crippen LogP contribution in [0.15, 0.2) is 72.8 Å². The summed E-state index contributed by atoms with van der Waals surface area (Å²) in [5.74, 6) is 4.05. The first kappa shape index (κ1) is 32.5. The molecule has 1 atom stereocenters. The lowest BCUT2D eigenvalue weighted by Gasteiger charge is -2.58. The molecule has 4 aliphatic carbocycles. The highest BCUT2D eigenvalue weighted by Crippen LogP contribution is 2.69. The highest BCUT2D eigenvalue weighted by molar-refractivity contribution is 7.60. The van der Waals surface area contributed by atoms with E-state index in [4.69, 9.17) is 0 Å². The van der Waals surface area contributed by atoms with Crippen molar-refractivity contribution in [2.75, 3.05) is 0 Å². The second-order valence-corrected chi connectivity index (χ2v) is 24.6. The van der Waals surface area contributed by atoms with Crippen LogP contribution in [0.3, 0.4) is 0 Å². The molecule has 0 N–H and O–H groups in total. The summed E-state index contributed by atoms with van der Waals surface area (Å²) in [5.41, 5.74) is 9.77. The van der Waals surface area contributed by atoms with Gasteiger partial charge in [-0.2, -0.15) is 0 Å². The standard InChI is InChI=1S/C42H58P2/c1-40(2,3)43(39-33-21-29-20-30(23-33)24-34(39)22-29)27-35-25-37(31-16-12-10-13-17-31)38(32-18-14-11-15-19-32)26-36(35)28-44(41(4,5)6)42(7,8)9/h10-19,25-26,29-30,33-34,39H,20-24,27-28H2,1-9H3. The molecule has 44 heavy (non-hydrogen) atoms. The molecule has 7 rings (SSSR count). The van der Waals surface area contributed by atoms with Gasteiger partial charge in [0.15, 0.2) is 0 Å². The molecule has 0 amide bonds. The van der Waals surface area contributed by atoms with Crippen molar-refractivity contribution < 1.29 is 0 Å². The van der Waals surface area contributed by atoms with Crippen molar-refractivity contribution >= 4 is 15.8 Å². The molecule has 4 bridgehead atoms. The average Bonchev–Trinajstić information content (AvgIpc) is 2.94. The zero-order valence-corrected chi connectivity index (χ0v) is 30.9. The van der Waals surface area contributed by atoms with Crippen molar-refractivity contribution in [1.29, 1.82) is 0 Å². The fourth-order valence-corrected chi connectivity index (χ4v) is 17.1. The number of rotatable bonds is 7. The normalized spacial score (nSPS) is 25.9. The lowest BCUT2D eigenvalue weighted by molar-refractivity contribution is 0.0242. The summed E-state index contributed by atoms with van der Waals surface area (Å²) in [4.78, 5) is 0. The molecule has 0 aromatic heterocycles. The van der Waals surface area contributed by atoms with E-state index in [0.717, 1.165) is 29.3 Å². The molecule has 0 radical (unpaired) electrons. The smallest absolute Gasteiger partial charge is 0.00606 e.